The van der Waals surface area contributed by atoms with Gasteiger partial charge in [-0.15, -0.1) is 0 Å². The number of nitriles is 1. The topological polar surface area (TPSA) is 35.8 Å². The van der Waals surface area contributed by atoms with Crippen LogP contribution in [0.1, 0.15) is 29.7 Å². The first-order valence-corrected chi connectivity index (χ1v) is 6.56. The van der Waals surface area contributed by atoms with Gasteiger partial charge in [0.25, 0.3) is 0 Å². The van der Waals surface area contributed by atoms with Gasteiger partial charge in [0.15, 0.2) is 0 Å². The summed E-state index contributed by atoms with van der Waals surface area (Å²) in [5.74, 6) is 0. The first-order chi connectivity index (χ1) is 9.22. The van der Waals surface area contributed by atoms with E-state index in [2.05, 4.69) is 18.3 Å². The summed E-state index contributed by atoms with van der Waals surface area (Å²) in [4.78, 5) is 0. The van der Waals surface area contributed by atoms with Crippen molar-refractivity contribution in [3.63, 3.8) is 0 Å². The van der Waals surface area contributed by atoms with Gasteiger partial charge in [-0.25, -0.2) is 0 Å². The minimum Gasteiger partial charge on any atom is -0.306 e. The molecule has 0 aliphatic carbocycles. The van der Waals surface area contributed by atoms with E-state index < -0.39 is 0 Å². The van der Waals surface area contributed by atoms with Gasteiger partial charge in [0.05, 0.1) is 11.6 Å². The molecule has 1 atom stereocenters. The molecule has 19 heavy (non-hydrogen) atoms. The van der Waals surface area contributed by atoms with Gasteiger partial charge in [-0.05, 0) is 30.2 Å². The highest BCUT2D eigenvalue weighted by molar-refractivity contribution is 6.31. The van der Waals surface area contributed by atoms with E-state index in [0.29, 0.717) is 12.1 Å². The van der Waals surface area contributed by atoms with E-state index in [0.717, 1.165) is 16.1 Å². The second kappa shape index (κ2) is 6.38. The average molecular weight is 271 g/mol. The summed E-state index contributed by atoms with van der Waals surface area (Å²) in [6.45, 7) is 2.71. The van der Waals surface area contributed by atoms with Crippen molar-refractivity contribution in [2.24, 2.45) is 0 Å². The standard InChI is InChI=1S/C16H15ClN2/c1-12(15-8-4-5-9-16(15)17)19-11-14-7-3-2-6-13(14)10-18/h2-9,12,19H,11H2,1H3. The molecule has 96 valence electrons. The first kappa shape index (κ1) is 13.6. The maximum Gasteiger partial charge on any atom is 0.0995 e. The summed E-state index contributed by atoms with van der Waals surface area (Å²) in [5.41, 5.74) is 2.78. The maximum atomic E-state index is 9.05. The highest BCUT2D eigenvalue weighted by atomic mass is 35.5. The van der Waals surface area contributed by atoms with Crippen LogP contribution in [0.2, 0.25) is 5.02 Å². The first-order valence-electron chi connectivity index (χ1n) is 6.18. The molecular formula is C16H15ClN2. The van der Waals surface area contributed by atoms with Crippen LogP contribution in [-0.2, 0) is 6.54 Å². The van der Waals surface area contributed by atoms with Gasteiger partial charge < -0.3 is 5.32 Å². The van der Waals surface area contributed by atoms with Gasteiger partial charge >= 0.3 is 0 Å². The number of nitrogens with zero attached hydrogens (tertiary/aromatic N) is 1. The zero-order valence-electron chi connectivity index (χ0n) is 10.7. The Kier molecular flexibility index (Phi) is 4.57. The largest absolute Gasteiger partial charge is 0.306 e. The number of hydrogen-bond acceptors (Lipinski definition) is 2. The molecule has 0 spiro atoms. The van der Waals surface area contributed by atoms with E-state index in [-0.39, 0.29) is 6.04 Å². The fraction of sp³-hybridized carbons (Fsp3) is 0.188. The molecule has 0 heterocycles. The third kappa shape index (κ3) is 3.35. The van der Waals surface area contributed by atoms with Crippen LogP contribution < -0.4 is 5.32 Å². The van der Waals surface area contributed by atoms with Crippen molar-refractivity contribution in [3.05, 3.63) is 70.2 Å². The lowest BCUT2D eigenvalue weighted by Gasteiger charge is -2.16. The molecule has 2 aromatic carbocycles. The van der Waals surface area contributed by atoms with Crippen molar-refractivity contribution in [3.8, 4) is 6.07 Å². The predicted octanol–water partition coefficient (Wildman–Crippen LogP) is 4.06. The van der Waals surface area contributed by atoms with Crippen LogP contribution in [-0.4, -0.2) is 0 Å². The number of hydrogen-bond donors (Lipinski definition) is 1. The molecule has 2 aromatic rings. The Bertz CT molecular complexity index is 602. The third-order valence-corrected chi connectivity index (χ3v) is 3.45. The van der Waals surface area contributed by atoms with Crippen molar-refractivity contribution in [1.29, 1.82) is 5.26 Å². The van der Waals surface area contributed by atoms with Crippen molar-refractivity contribution in [2.75, 3.05) is 0 Å². The summed E-state index contributed by atoms with van der Waals surface area (Å²) < 4.78 is 0. The van der Waals surface area contributed by atoms with Crippen LogP contribution in [0.15, 0.2) is 48.5 Å². The lowest BCUT2D eigenvalue weighted by Crippen LogP contribution is -2.19. The highest BCUT2D eigenvalue weighted by Gasteiger charge is 2.09. The Balaban J connectivity index is 2.07. The molecule has 0 aliphatic rings. The minimum atomic E-state index is 0.139. The van der Waals surface area contributed by atoms with Crippen LogP contribution in [0.25, 0.3) is 0 Å². The molecule has 2 nitrogen and oxygen atoms in total. The smallest absolute Gasteiger partial charge is 0.0995 e. The molecule has 3 heteroatoms. The Labute approximate surface area is 118 Å². The van der Waals surface area contributed by atoms with E-state index in [4.69, 9.17) is 16.9 Å². The molecule has 0 bridgehead atoms. The highest BCUT2D eigenvalue weighted by Crippen LogP contribution is 2.22. The van der Waals surface area contributed by atoms with Gasteiger partial charge in [0.2, 0.25) is 0 Å². The Morgan fingerprint density at radius 3 is 2.58 bits per heavy atom. The Hall–Kier alpha value is -1.82. The van der Waals surface area contributed by atoms with Crippen molar-refractivity contribution >= 4 is 11.6 Å². The molecular weight excluding hydrogens is 256 g/mol. The monoisotopic (exact) mass is 270 g/mol. The van der Waals surface area contributed by atoms with E-state index >= 15 is 0 Å². The van der Waals surface area contributed by atoms with Crippen LogP contribution in [0.4, 0.5) is 0 Å². The SMILES string of the molecule is CC(NCc1ccccc1C#N)c1ccccc1Cl. The third-order valence-electron chi connectivity index (χ3n) is 3.11. The fourth-order valence-electron chi connectivity index (χ4n) is 1.98. The predicted molar refractivity (Wildman–Crippen MR) is 77.9 cm³/mol. The van der Waals surface area contributed by atoms with E-state index in [9.17, 15) is 0 Å². The summed E-state index contributed by atoms with van der Waals surface area (Å²) in [6, 6.07) is 17.7. The molecule has 0 amide bonds. The van der Waals surface area contributed by atoms with Gasteiger partial charge in [-0.3, -0.25) is 0 Å². The lowest BCUT2D eigenvalue weighted by atomic mass is 10.1. The number of nitrogens with one attached hydrogen (secondary N) is 1. The molecule has 1 unspecified atom stereocenters. The lowest BCUT2D eigenvalue weighted by molar-refractivity contribution is 0.574. The zero-order valence-corrected chi connectivity index (χ0v) is 11.5. The molecule has 0 aromatic heterocycles. The second-order valence-electron chi connectivity index (χ2n) is 4.39. The number of halogens is 1. The van der Waals surface area contributed by atoms with Crippen molar-refractivity contribution in [2.45, 2.75) is 19.5 Å². The molecule has 0 saturated heterocycles. The maximum absolute atomic E-state index is 9.05. The molecule has 0 saturated carbocycles. The Morgan fingerprint density at radius 2 is 1.84 bits per heavy atom. The number of benzene rings is 2. The summed E-state index contributed by atoms with van der Waals surface area (Å²) in [6.07, 6.45) is 0. The van der Waals surface area contributed by atoms with Gasteiger partial charge in [0.1, 0.15) is 0 Å². The molecule has 0 radical (unpaired) electrons. The second-order valence-corrected chi connectivity index (χ2v) is 4.80. The van der Waals surface area contributed by atoms with Crippen LogP contribution >= 0.6 is 11.6 Å². The van der Waals surface area contributed by atoms with E-state index in [1.54, 1.807) is 0 Å². The molecule has 2 rings (SSSR count). The van der Waals surface area contributed by atoms with Crippen molar-refractivity contribution in [1.82, 2.24) is 5.32 Å². The van der Waals surface area contributed by atoms with Gasteiger partial charge in [-0.1, -0.05) is 48.0 Å². The van der Waals surface area contributed by atoms with Crippen LogP contribution in [0, 0.1) is 11.3 Å². The van der Waals surface area contributed by atoms with Gasteiger partial charge in [-0.2, -0.15) is 5.26 Å². The summed E-state index contributed by atoms with van der Waals surface area (Å²) >= 11 is 6.17. The summed E-state index contributed by atoms with van der Waals surface area (Å²) in [5, 5.41) is 13.2. The zero-order chi connectivity index (χ0) is 13.7. The van der Waals surface area contributed by atoms with E-state index in [1.807, 2.05) is 48.5 Å². The molecule has 1 N–H and O–H groups in total. The quantitative estimate of drug-likeness (QED) is 0.909. The van der Waals surface area contributed by atoms with Crippen molar-refractivity contribution < 1.29 is 0 Å². The molecule has 0 aliphatic heterocycles. The van der Waals surface area contributed by atoms with Crippen LogP contribution in [0.3, 0.4) is 0 Å². The van der Waals surface area contributed by atoms with Crippen LogP contribution in [0.5, 0.6) is 0 Å². The fourth-order valence-corrected chi connectivity index (χ4v) is 2.28. The van der Waals surface area contributed by atoms with Gasteiger partial charge in [0, 0.05) is 17.6 Å². The normalized spacial score (nSPS) is 11.8. The Morgan fingerprint density at radius 1 is 1.16 bits per heavy atom. The van der Waals surface area contributed by atoms with E-state index in [1.165, 1.54) is 0 Å². The average Bonchev–Trinajstić information content (AvgIpc) is 2.45. The minimum absolute atomic E-state index is 0.139. The number of rotatable bonds is 4. The molecule has 0 fully saturated rings. The summed E-state index contributed by atoms with van der Waals surface area (Å²) in [7, 11) is 0.